The molecule has 106 valence electrons. The highest BCUT2D eigenvalue weighted by Crippen LogP contribution is 2.20. The van der Waals surface area contributed by atoms with E-state index in [1.807, 2.05) is 12.1 Å². The molecule has 0 spiro atoms. The molecule has 0 aliphatic carbocycles. The highest BCUT2D eigenvalue weighted by Gasteiger charge is 2.24. The van der Waals surface area contributed by atoms with Gasteiger partial charge in [0.2, 0.25) is 10.0 Å². The van der Waals surface area contributed by atoms with Crippen LogP contribution in [0.15, 0.2) is 29.2 Å². The van der Waals surface area contributed by atoms with Crippen LogP contribution in [-0.4, -0.2) is 25.8 Å². The van der Waals surface area contributed by atoms with Gasteiger partial charge in [-0.2, -0.15) is 4.31 Å². The number of sulfonamides is 1. The Morgan fingerprint density at radius 2 is 1.58 bits per heavy atom. The van der Waals surface area contributed by atoms with Crippen molar-refractivity contribution in [3.8, 4) is 0 Å². The van der Waals surface area contributed by atoms with Crippen molar-refractivity contribution < 1.29 is 8.42 Å². The lowest BCUT2D eigenvalue weighted by Crippen LogP contribution is -2.31. The van der Waals surface area contributed by atoms with Gasteiger partial charge in [0.05, 0.1) is 4.90 Å². The molecule has 1 heterocycles. The van der Waals surface area contributed by atoms with Crippen molar-refractivity contribution in [1.29, 1.82) is 0 Å². The minimum Gasteiger partial charge on any atom is -0.207 e. The first-order valence-electron chi connectivity index (χ1n) is 7.23. The highest BCUT2D eigenvalue weighted by atomic mass is 32.2. The summed E-state index contributed by atoms with van der Waals surface area (Å²) >= 11 is 0. The van der Waals surface area contributed by atoms with Crippen LogP contribution in [0.5, 0.6) is 0 Å². The average Bonchev–Trinajstić information content (AvgIpc) is 2.69. The molecule has 0 radical (unpaired) electrons. The Morgan fingerprint density at radius 3 is 2.11 bits per heavy atom. The molecule has 1 aromatic rings. The number of aryl methyl sites for hydroxylation is 1. The molecule has 0 bridgehead atoms. The van der Waals surface area contributed by atoms with Crippen molar-refractivity contribution in [1.82, 2.24) is 4.31 Å². The molecule has 0 aromatic heterocycles. The Kier molecular flexibility index (Phi) is 4.99. The Morgan fingerprint density at radius 1 is 1.00 bits per heavy atom. The Labute approximate surface area is 116 Å². The van der Waals surface area contributed by atoms with Crippen LogP contribution in [0.1, 0.15) is 44.6 Å². The third-order valence-electron chi connectivity index (χ3n) is 3.66. The molecule has 0 amide bonds. The van der Waals surface area contributed by atoms with Gasteiger partial charge in [0.15, 0.2) is 0 Å². The number of rotatable bonds is 4. The SMILES string of the molecule is CCCc1ccc(S(=O)(=O)N2CCCCCC2)cc1. The molecule has 0 atom stereocenters. The average molecular weight is 281 g/mol. The van der Waals surface area contributed by atoms with Crippen LogP contribution in [0.2, 0.25) is 0 Å². The van der Waals surface area contributed by atoms with Crippen LogP contribution in [0, 0.1) is 0 Å². The molecule has 1 aliphatic heterocycles. The molecule has 1 aliphatic rings. The fraction of sp³-hybridized carbons (Fsp3) is 0.600. The van der Waals surface area contributed by atoms with E-state index in [4.69, 9.17) is 0 Å². The fourth-order valence-electron chi connectivity index (χ4n) is 2.55. The largest absolute Gasteiger partial charge is 0.243 e. The lowest BCUT2D eigenvalue weighted by atomic mass is 10.1. The van der Waals surface area contributed by atoms with Crippen molar-refractivity contribution in [2.75, 3.05) is 13.1 Å². The molecule has 0 unspecified atom stereocenters. The zero-order valence-electron chi connectivity index (χ0n) is 11.6. The van der Waals surface area contributed by atoms with Gasteiger partial charge in [-0.25, -0.2) is 8.42 Å². The summed E-state index contributed by atoms with van der Waals surface area (Å²) in [6.07, 6.45) is 6.32. The summed E-state index contributed by atoms with van der Waals surface area (Å²) < 4.78 is 26.7. The molecule has 2 rings (SSSR count). The summed E-state index contributed by atoms with van der Waals surface area (Å²) in [7, 11) is -3.28. The molecule has 0 saturated carbocycles. The molecular formula is C15H23NO2S. The van der Waals surface area contributed by atoms with E-state index in [1.54, 1.807) is 16.4 Å². The van der Waals surface area contributed by atoms with Crippen LogP contribution < -0.4 is 0 Å². The van der Waals surface area contributed by atoms with Crippen molar-refractivity contribution >= 4 is 10.0 Å². The standard InChI is InChI=1S/C15H23NO2S/c1-2-7-14-8-10-15(11-9-14)19(17,18)16-12-5-3-4-6-13-16/h8-11H,2-7,12-13H2,1H3. The summed E-state index contributed by atoms with van der Waals surface area (Å²) in [4.78, 5) is 0.439. The van der Waals surface area contributed by atoms with E-state index in [1.165, 1.54) is 5.56 Å². The van der Waals surface area contributed by atoms with Crippen LogP contribution in [0.25, 0.3) is 0 Å². The molecule has 4 heteroatoms. The topological polar surface area (TPSA) is 37.4 Å². The van der Waals surface area contributed by atoms with Gasteiger partial charge in [0.1, 0.15) is 0 Å². The van der Waals surface area contributed by atoms with Crippen LogP contribution in [0.3, 0.4) is 0 Å². The zero-order valence-corrected chi connectivity index (χ0v) is 12.5. The highest BCUT2D eigenvalue weighted by molar-refractivity contribution is 7.89. The van der Waals surface area contributed by atoms with Crippen molar-refractivity contribution in [2.45, 2.75) is 50.3 Å². The van der Waals surface area contributed by atoms with Gasteiger partial charge in [-0.3, -0.25) is 0 Å². The Hall–Kier alpha value is -0.870. The van der Waals surface area contributed by atoms with Gasteiger partial charge in [-0.15, -0.1) is 0 Å². The molecule has 3 nitrogen and oxygen atoms in total. The van der Waals surface area contributed by atoms with Crippen molar-refractivity contribution in [3.05, 3.63) is 29.8 Å². The first-order chi connectivity index (χ1) is 9.14. The van der Waals surface area contributed by atoms with Gasteiger partial charge in [-0.1, -0.05) is 38.3 Å². The van der Waals surface area contributed by atoms with E-state index < -0.39 is 10.0 Å². The number of benzene rings is 1. The molecule has 1 fully saturated rings. The van der Waals surface area contributed by atoms with E-state index in [-0.39, 0.29) is 0 Å². The minimum atomic E-state index is -3.28. The van der Waals surface area contributed by atoms with E-state index in [2.05, 4.69) is 6.92 Å². The second-order valence-electron chi connectivity index (χ2n) is 5.21. The third-order valence-corrected chi connectivity index (χ3v) is 5.58. The predicted molar refractivity (Wildman–Crippen MR) is 77.7 cm³/mol. The Balaban J connectivity index is 2.18. The second kappa shape index (κ2) is 6.53. The first-order valence-corrected chi connectivity index (χ1v) is 8.67. The molecular weight excluding hydrogens is 258 g/mol. The molecule has 1 saturated heterocycles. The van der Waals surface area contributed by atoms with Gasteiger partial charge in [0.25, 0.3) is 0 Å². The van der Waals surface area contributed by atoms with E-state index in [0.717, 1.165) is 38.5 Å². The molecule has 19 heavy (non-hydrogen) atoms. The fourth-order valence-corrected chi connectivity index (χ4v) is 4.06. The van der Waals surface area contributed by atoms with E-state index in [9.17, 15) is 8.42 Å². The van der Waals surface area contributed by atoms with Crippen LogP contribution in [-0.2, 0) is 16.4 Å². The third kappa shape index (κ3) is 3.57. The molecule has 0 N–H and O–H groups in total. The summed E-state index contributed by atoms with van der Waals surface area (Å²) in [6, 6.07) is 7.39. The Bertz CT molecular complexity index is 485. The zero-order chi connectivity index (χ0) is 13.7. The maximum absolute atomic E-state index is 12.5. The first kappa shape index (κ1) is 14.5. The maximum atomic E-state index is 12.5. The predicted octanol–water partition coefficient (Wildman–Crippen LogP) is 3.20. The van der Waals surface area contributed by atoms with Gasteiger partial charge < -0.3 is 0 Å². The lowest BCUT2D eigenvalue weighted by Gasteiger charge is -2.20. The molecule has 1 aromatic carbocycles. The number of hydrogen-bond donors (Lipinski definition) is 0. The van der Waals surface area contributed by atoms with Crippen molar-refractivity contribution in [3.63, 3.8) is 0 Å². The number of hydrogen-bond acceptors (Lipinski definition) is 2. The van der Waals surface area contributed by atoms with Crippen molar-refractivity contribution in [2.24, 2.45) is 0 Å². The van der Waals surface area contributed by atoms with Gasteiger partial charge in [0, 0.05) is 13.1 Å². The van der Waals surface area contributed by atoms with Gasteiger partial charge >= 0.3 is 0 Å². The maximum Gasteiger partial charge on any atom is 0.243 e. The summed E-state index contributed by atoms with van der Waals surface area (Å²) in [5, 5.41) is 0. The number of nitrogens with zero attached hydrogens (tertiary/aromatic N) is 1. The van der Waals surface area contributed by atoms with E-state index in [0.29, 0.717) is 18.0 Å². The van der Waals surface area contributed by atoms with Crippen LogP contribution in [0.4, 0.5) is 0 Å². The lowest BCUT2D eigenvalue weighted by molar-refractivity contribution is 0.423. The van der Waals surface area contributed by atoms with Gasteiger partial charge in [-0.05, 0) is 37.0 Å². The smallest absolute Gasteiger partial charge is 0.207 e. The van der Waals surface area contributed by atoms with Crippen LogP contribution >= 0.6 is 0 Å². The second-order valence-corrected chi connectivity index (χ2v) is 7.15. The van der Waals surface area contributed by atoms with E-state index >= 15 is 0 Å². The normalized spacial score (nSPS) is 18.2. The monoisotopic (exact) mass is 281 g/mol. The summed E-state index contributed by atoms with van der Waals surface area (Å²) in [6.45, 7) is 3.46. The summed E-state index contributed by atoms with van der Waals surface area (Å²) in [5.41, 5.74) is 1.21. The minimum absolute atomic E-state index is 0.439. The summed E-state index contributed by atoms with van der Waals surface area (Å²) in [5.74, 6) is 0. The quantitative estimate of drug-likeness (QED) is 0.850.